The number of nitrogens with one attached hydrogen (secondary N) is 1. The van der Waals surface area contributed by atoms with Crippen molar-refractivity contribution in [3.05, 3.63) is 45.7 Å². The number of hydrogen-bond acceptors (Lipinski definition) is 7. The first kappa shape index (κ1) is 18.4. The lowest BCUT2D eigenvalue weighted by Gasteiger charge is -2.14. The summed E-state index contributed by atoms with van der Waals surface area (Å²) in [7, 11) is 0. The minimum absolute atomic E-state index is 0.0958. The predicted molar refractivity (Wildman–Crippen MR) is 92.0 cm³/mol. The Hall–Kier alpha value is -3.37. The van der Waals surface area contributed by atoms with E-state index in [1.807, 2.05) is 0 Å². The van der Waals surface area contributed by atoms with Crippen LogP contribution in [-0.2, 0) is 9.47 Å². The number of carboxylic acid groups (broad SMARTS) is 2. The van der Waals surface area contributed by atoms with Crippen LogP contribution in [0.5, 0.6) is 5.75 Å². The van der Waals surface area contributed by atoms with Crippen molar-refractivity contribution in [2.24, 2.45) is 0 Å². The highest BCUT2D eigenvalue weighted by molar-refractivity contribution is 6.07. The van der Waals surface area contributed by atoms with Gasteiger partial charge in [-0.3, -0.25) is 4.79 Å². The number of aromatic nitrogens is 1. The number of benzene rings is 1. The molecule has 0 amide bonds. The molecule has 2 heterocycles. The maximum Gasteiger partial charge on any atom is 0.342 e. The fraction of sp³-hybridized carbons (Fsp3) is 0.235. The summed E-state index contributed by atoms with van der Waals surface area (Å²) in [6, 6.07) is 6.01. The molecule has 1 aliphatic heterocycles. The number of nitrogen functional groups attached to an aromatic ring is 1. The first-order chi connectivity index (χ1) is 12.9. The number of ether oxygens (including phenoxy) is 3. The predicted octanol–water partition coefficient (Wildman–Crippen LogP) is 0.772. The highest BCUT2D eigenvalue weighted by Gasteiger charge is 2.26. The lowest BCUT2D eigenvalue weighted by molar-refractivity contribution is -0.0684. The Bertz CT molecular complexity index is 946. The van der Waals surface area contributed by atoms with Crippen molar-refractivity contribution in [3.63, 3.8) is 0 Å². The Kier molecular flexibility index (Phi) is 5.10. The summed E-state index contributed by atoms with van der Waals surface area (Å²) >= 11 is 0. The molecule has 142 valence electrons. The quantitative estimate of drug-likeness (QED) is 0.570. The standard InChI is InChI=1S/C17H16N2O8/c18-14-12(16(21)22)11(13(17(23)24)15(20)19-14)8-2-1-3-9(6-8)27-7-10-25-4-5-26-10/h1-3,6,10H,4-5,7H2,(H,21,22)(H,23,24)(H3,18,19,20). The summed E-state index contributed by atoms with van der Waals surface area (Å²) < 4.78 is 16.1. The van der Waals surface area contributed by atoms with E-state index in [0.29, 0.717) is 19.0 Å². The number of carbonyl (C=O) groups is 2. The number of rotatable bonds is 6. The maximum absolute atomic E-state index is 12.1. The minimum Gasteiger partial charge on any atom is -0.488 e. The van der Waals surface area contributed by atoms with Gasteiger partial charge in [0, 0.05) is 5.56 Å². The molecule has 1 aromatic carbocycles. The van der Waals surface area contributed by atoms with Crippen LogP contribution in [-0.4, -0.2) is 53.2 Å². The minimum atomic E-state index is -1.58. The van der Waals surface area contributed by atoms with Crippen LogP contribution in [0.25, 0.3) is 11.1 Å². The summed E-state index contributed by atoms with van der Waals surface area (Å²) in [5, 5.41) is 18.9. The zero-order chi connectivity index (χ0) is 19.6. The van der Waals surface area contributed by atoms with Crippen molar-refractivity contribution in [2.75, 3.05) is 25.6 Å². The van der Waals surface area contributed by atoms with Crippen LogP contribution in [0.2, 0.25) is 0 Å². The second-order valence-electron chi connectivity index (χ2n) is 5.61. The molecular weight excluding hydrogens is 360 g/mol. The molecule has 3 rings (SSSR count). The summed E-state index contributed by atoms with van der Waals surface area (Å²) in [6.45, 7) is 1.02. The number of H-pyrrole nitrogens is 1. The van der Waals surface area contributed by atoms with Crippen LogP contribution in [0.4, 0.5) is 5.82 Å². The molecular formula is C17H16N2O8. The highest BCUT2D eigenvalue weighted by Crippen LogP contribution is 2.31. The molecule has 0 radical (unpaired) electrons. The van der Waals surface area contributed by atoms with Gasteiger partial charge in [0.15, 0.2) is 6.29 Å². The number of anilines is 1. The molecule has 0 saturated carbocycles. The van der Waals surface area contributed by atoms with E-state index in [1.165, 1.54) is 18.2 Å². The monoisotopic (exact) mass is 376 g/mol. The third kappa shape index (κ3) is 3.76. The summed E-state index contributed by atoms with van der Waals surface area (Å²) in [5.41, 5.74) is 3.25. The molecule has 1 saturated heterocycles. The van der Waals surface area contributed by atoms with E-state index >= 15 is 0 Å². The number of aromatic amines is 1. The third-order valence-corrected chi connectivity index (χ3v) is 3.87. The van der Waals surface area contributed by atoms with Crippen molar-refractivity contribution in [3.8, 4) is 16.9 Å². The van der Waals surface area contributed by atoms with Gasteiger partial charge >= 0.3 is 11.9 Å². The van der Waals surface area contributed by atoms with Gasteiger partial charge in [-0.1, -0.05) is 12.1 Å². The molecule has 10 nitrogen and oxygen atoms in total. The van der Waals surface area contributed by atoms with Gasteiger partial charge in [-0.2, -0.15) is 0 Å². The smallest absolute Gasteiger partial charge is 0.342 e. The Morgan fingerprint density at radius 1 is 1.19 bits per heavy atom. The summed E-state index contributed by atoms with van der Waals surface area (Å²) in [5.74, 6) is -3.17. The van der Waals surface area contributed by atoms with E-state index in [1.54, 1.807) is 6.07 Å². The summed E-state index contributed by atoms with van der Waals surface area (Å²) in [4.78, 5) is 37.3. The van der Waals surface area contributed by atoms with Crippen molar-refractivity contribution in [2.45, 2.75) is 6.29 Å². The zero-order valence-corrected chi connectivity index (χ0v) is 13.9. The van der Waals surface area contributed by atoms with Gasteiger partial charge in [0.25, 0.3) is 5.56 Å². The van der Waals surface area contributed by atoms with E-state index in [9.17, 15) is 24.6 Å². The lowest BCUT2D eigenvalue weighted by Crippen LogP contribution is -2.24. The van der Waals surface area contributed by atoms with Gasteiger partial charge in [0.05, 0.1) is 13.2 Å². The largest absolute Gasteiger partial charge is 0.488 e. The van der Waals surface area contributed by atoms with Crippen LogP contribution >= 0.6 is 0 Å². The van der Waals surface area contributed by atoms with Crippen molar-refractivity contribution < 1.29 is 34.0 Å². The van der Waals surface area contributed by atoms with Gasteiger partial charge in [0.2, 0.25) is 0 Å². The molecule has 5 N–H and O–H groups in total. The van der Waals surface area contributed by atoms with Crippen LogP contribution in [0.3, 0.4) is 0 Å². The molecule has 1 fully saturated rings. The lowest BCUT2D eigenvalue weighted by atomic mass is 9.95. The number of aromatic carboxylic acids is 2. The van der Waals surface area contributed by atoms with Crippen LogP contribution < -0.4 is 16.0 Å². The van der Waals surface area contributed by atoms with Gasteiger partial charge in [-0.15, -0.1) is 0 Å². The Balaban J connectivity index is 2.07. The van der Waals surface area contributed by atoms with Gasteiger partial charge in [-0.25, -0.2) is 9.59 Å². The molecule has 0 bridgehead atoms. The number of nitrogens with two attached hydrogens (primary N) is 1. The van der Waals surface area contributed by atoms with Crippen LogP contribution in [0.15, 0.2) is 29.1 Å². The van der Waals surface area contributed by atoms with E-state index in [2.05, 4.69) is 4.98 Å². The molecule has 0 spiro atoms. The van der Waals surface area contributed by atoms with Crippen molar-refractivity contribution >= 4 is 17.8 Å². The zero-order valence-electron chi connectivity index (χ0n) is 13.9. The first-order valence-electron chi connectivity index (χ1n) is 7.87. The normalized spacial score (nSPS) is 14.2. The molecule has 0 atom stereocenters. The van der Waals surface area contributed by atoms with E-state index in [4.69, 9.17) is 19.9 Å². The third-order valence-electron chi connectivity index (χ3n) is 3.87. The van der Waals surface area contributed by atoms with E-state index < -0.39 is 40.7 Å². The number of carboxylic acids is 2. The van der Waals surface area contributed by atoms with Gasteiger partial charge in [0.1, 0.15) is 29.3 Å². The Labute approximate surface area is 152 Å². The highest BCUT2D eigenvalue weighted by atomic mass is 16.7. The van der Waals surface area contributed by atoms with Gasteiger partial charge in [-0.05, 0) is 17.7 Å². The number of pyridine rings is 1. The Morgan fingerprint density at radius 3 is 2.48 bits per heavy atom. The van der Waals surface area contributed by atoms with Crippen LogP contribution in [0, 0.1) is 0 Å². The fourth-order valence-electron chi connectivity index (χ4n) is 2.74. The molecule has 27 heavy (non-hydrogen) atoms. The molecule has 1 aromatic heterocycles. The van der Waals surface area contributed by atoms with Crippen LogP contribution in [0.1, 0.15) is 20.7 Å². The first-order valence-corrected chi connectivity index (χ1v) is 7.87. The number of hydrogen-bond donors (Lipinski definition) is 4. The summed E-state index contributed by atoms with van der Waals surface area (Å²) in [6.07, 6.45) is -0.520. The molecule has 1 aliphatic rings. The second-order valence-corrected chi connectivity index (χ2v) is 5.61. The van der Waals surface area contributed by atoms with E-state index in [0.717, 1.165) is 0 Å². The van der Waals surface area contributed by atoms with E-state index in [-0.39, 0.29) is 17.7 Å². The molecule has 10 heteroatoms. The molecule has 0 aliphatic carbocycles. The Morgan fingerprint density at radius 2 is 1.85 bits per heavy atom. The van der Waals surface area contributed by atoms with Crippen molar-refractivity contribution in [1.29, 1.82) is 0 Å². The van der Waals surface area contributed by atoms with Crippen molar-refractivity contribution in [1.82, 2.24) is 4.98 Å². The SMILES string of the molecule is Nc1[nH]c(=O)c(C(=O)O)c(-c2cccc(OCC3OCCO3)c2)c1C(=O)O. The molecule has 2 aromatic rings. The fourth-order valence-corrected chi connectivity index (χ4v) is 2.74. The molecule has 0 unspecified atom stereocenters. The van der Waals surface area contributed by atoms with Gasteiger partial charge < -0.3 is 35.1 Å². The average molecular weight is 376 g/mol. The maximum atomic E-state index is 12.1. The second kappa shape index (κ2) is 7.48. The average Bonchev–Trinajstić information content (AvgIpc) is 3.12. The topological polar surface area (TPSA) is 161 Å².